The zero-order valence-electron chi connectivity index (χ0n) is 11.8. The Hall–Kier alpha value is -1.55. The largest absolute Gasteiger partial charge is 0.493 e. The Kier molecular flexibility index (Phi) is 3.80. The molecular formula is C15H21NO3. The zero-order chi connectivity index (χ0) is 14.0. The van der Waals surface area contributed by atoms with Gasteiger partial charge in [0.2, 0.25) is 0 Å². The predicted octanol–water partition coefficient (Wildman–Crippen LogP) is 2.31. The Bertz CT molecular complexity index is 477. The number of benzene rings is 1. The maximum Gasteiger partial charge on any atom is 0.317 e. The first-order chi connectivity index (χ1) is 8.86. The van der Waals surface area contributed by atoms with E-state index in [0.29, 0.717) is 6.54 Å². The van der Waals surface area contributed by atoms with E-state index in [1.54, 1.807) is 0 Å². The summed E-state index contributed by atoms with van der Waals surface area (Å²) in [5.74, 6) is 0.170. The van der Waals surface area contributed by atoms with Crippen LogP contribution in [0.3, 0.4) is 0 Å². The molecule has 0 saturated heterocycles. The molecular weight excluding hydrogens is 242 g/mol. The number of ether oxygens (including phenoxy) is 1. The standard InChI is InChI=1S/C15H21NO3/c1-15(2,3)16(10-14(17)18)9-11-4-5-13-12(8-11)6-7-19-13/h4-5,8H,6-7,9-10H2,1-3H3,(H,17,18). The van der Waals surface area contributed by atoms with Gasteiger partial charge in [0.1, 0.15) is 5.75 Å². The van der Waals surface area contributed by atoms with Gasteiger partial charge >= 0.3 is 5.97 Å². The highest BCUT2D eigenvalue weighted by Gasteiger charge is 2.24. The molecule has 2 rings (SSSR count). The first-order valence-corrected chi connectivity index (χ1v) is 6.58. The number of carbonyl (C=O) groups is 1. The molecule has 0 atom stereocenters. The molecule has 0 bridgehead atoms. The molecule has 1 N–H and O–H groups in total. The number of hydrogen-bond acceptors (Lipinski definition) is 3. The third-order valence-corrected chi connectivity index (χ3v) is 3.40. The number of carboxylic acid groups (broad SMARTS) is 1. The van der Waals surface area contributed by atoms with E-state index in [2.05, 4.69) is 6.07 Å². The van der Waals surface area contributed by atoms with Crippen LogP contribution in [0.15, 0.2) is 18.2 Å². The summed E-state index contributed by atoms with van der Waals surface area (Å²) in [6.07, 6.45) is 0.942. The average Bonchev–Trinajstić information content (AvgIpc) is 2.73. The number of nitrogens with zero attached hydrogens (tertiary/aromatic N) is 1. The Balaban J connectivity index is 2.15. The molecule has 1 aromatic carbocycles. The molecule has 0 spiro atoms. The van der Waals surface area contributed by atoms with E-state index in [-0.39, 0.29) is 12.1 Å². The maximum absolute atomic E-state index is 11.0. The van der Waals surface area contributed by atoms with Gasteiger partial charge in [-0.15, -0.1) is 0 Å². The molecule has 1 aromatic rings. The normalized spacial score (nSPS) is 14.3. The molecule has 4 heteroatoms. The molecule has 19 heavy (non-hydrogen) atoms. The lowest BCUT2D eigenvalue weighted by Crippen LogP contribution is -2.43. The van der Waals surface area contributed by atoms with E-state index in [0.717, 1.165) is 24.3 Å². The lowest BCUT2D eigenvalue weighted by Gasteiger charge is -2.34. The van der Waals surface area contributed by atoms with E-state index < -0.39 is 5.97 Å². The number of fused-ring (bicyclic) bond motifs is 1. The molecule has 1 aliphatic rings. The van der Waals surface area contributed by atoms with Crippen LogP contribution in [0.25, 0.3) is 0 Å². The van der Waals surface area contributed by atoms with Crippen LogP contribution in [0, 0.1) is 0 Å². The molecule has 0 aliphatic carbocycles. The van der Waals surface area contributed by atoms with Crippen LogP contribution >= 0.6 is 0 Å². The van der Waals surface area contributed by atoms with Crippen molar-refractivity contribution < 1.29 is 14.6 Å². The van der Waals surface area contributed by atoms with Crippen LogP contribution < -0.4 is 4.74 Å². The second-order valence-corrected chi connectivity index (χ2v) is 5.96. The molecule has 0 radical (unpaired) electrons. The van der Waals surface area contributed by atoms with E-state index >= 15 is 0 Å². The van der Waals surface area contributed by atoms with Gasteiger partial charge in [-0.1, -0.05) is 12.1 Å². The summed E-state index contributed by atoms with van der Waals surface area (Å²) in [5, 5.41) is 9.02. The molecule has 104 valence electrons. The molecule has 1 heterocycles. The number of carboxylic acids is 1. The summed E-state index contributed by atoms with van der Waals surface area (Å²) in [6.45, 7) is 7.54. The first-order valence-electron chi connectivity index (χ1n) is 6.58. The van der Waals surface area contributed by atoms with Crippen LogP contribution in [0.5, 0.6) is 5.75 Å². The molecule has 0 fully saturated rings. The Labute approximate surface area is 114 Å². The summed E-state index contributed by atoms with van der Waals surface area (Å²) in [5.41, 5.74) is 2.19. The van der Waals surface area contributed by atoms with Crippen LogP contribution in [0.1, 0.15) is 31.9 Å². The third kappa shape index (κ3) is 3.47. The summed E-state index contributed by atoms with van der Waals surface area (Å²) < 4.78 is 5.48. The Morgan fingerprint density at radius 3 is 2.79 bits per heavy atom. The number of rotatable bonds is 4. The second kappa shape index (κ2) is 5.21. The number of aliphatic carboxylic acids is 1. The van der Waals surface area contributed by atoms with Gasteiger partial charge in [-0.3, -0.25) is 9.69 Å². The van der Waals surface area contributed by atoms with Gasteiger partial charge in [0.15, 0.2) is 0 Å². The predicted molar refractivity (Wildman–Crippen MR) is 73.4 cm³/mol. The Morgan fingerprint density at radius 1 is 1.42 bits per heavy atom. The van der Waals surface area contributed by atoms with Gasteiger partial charge in [-0.25, -0.2) is 0 Å². The van der Waals surface area contributed by atoms with Gasteiger partial charge < -0.3 is 9.84 Å². The highest BCUT2D eigenvalue weighted by Crippen LogP contribution is 2.27. The third-order valence-electron chi connectivity index (χ3n) is 3.40. The summed E-state index contributed by atoms with van der Waals surface area (Å²) in [6, 6.07) is 6.13. The van der Waals surface area contributed by atoms with Crippen molar-refractivity contribution >= 4 is 5.97 Å². The van der Waals surface area contributed by atoms with Crippen LogP contribution in [0.2, 0.25) is 0 Å². The first kappa shape index (κ1) is 13.9. The minimum absolute atomic E-state index is 0.0527. The zero-order valence-corrected chi connectivity index (χ0v) is 11.8. The van der Waals surface area contributed by atoms with Gasteiger partial charge in [0, 0.05) is 18.5 Å². The van der Waals surface area contributed by atoms with E-state index in [1.165, 1.54) is 5.56 Å². The quantitative estimate of drug-likeness (QED) is 0.905. The molecule has 1 aliphatic heterocycles. The van der Waals surface area contributed by atoms with Crippen molar-refractivity contribution in [3.8, 4) is 5.75 Å². The van der Waals surface area contributed by atoms with Crippen LogP contribution in [-0.4, -0.2) is 34.7 Å². The monoisotopic (exact) mass is 263 g/mol. The summed E-state index contributed by atoms with van der Waals surface area (Å²) >= 11 is 0. The second-order valence-electron chi connectivity index (χ2n) is 5.96. The molecule has 4 nitrogen and oxygen atoms in total. The summed E-state index contributed by atoms with van der Waals surface area (Å²) in [4.78, 5) is 12.9. The van der Waals surface area contributed by atoms with Crippen LogP contribution in [-0.2, 0) is 17.8 Å². The molecule has 0 saturated carbocycles. The lowest BCUT2D eigenvalue weighted by atomic mass is 10.0. The topological polar surface area (TPSA) is 49.8 Å². The minimum Gasteiger partial charge on any atom is -0.493 e. The fourth-order valence-electron chi connectivity index (χ4n) is 2.25. The van der Waals surface area contributed by atoms with Gasteiger partial charge in [-0.2, -0.15) is 0 Å². The van der Waals surface area contributed by atoms with Crippen molar-refractivity contribution in [3.05, 3.63) is 29.3 Å². The fourth-order valence-corrected chi connectivity index (χ4v) is 2.25. The van der Waals surface area contributed by atoms with Crippen molar-refractivity contribution in [1.29, 1.82) is 0 Å². The average molecular weight is 263 g/mol. The number of hydrogen-bond donors (Lipinski definition) is 1. The Morgan fingerprint density at radius 2 is 2.16 bits per heavy atom. The SMILES string of the molecule is CC(C)(C)N(CC(=O)O)Cc1ccc2c(c1)CCO2. The fraction of sp³-hybridized carbons (Fsp3) is 0.533. The minimum atomic E-state index is -0.792. The van der Waals surface area contributed by atoms with E-state index in [9.17, 15) is 4.79 Å². The highest BCUT2D eigenvalue weighted by molar-refractivity contribution is 5.69. The van der Waals surface area contributed by atoms with E-state index in [4.69, 9.17) is 9.84 Å². The van der Waals surface area contributed by atoms with Crippen molar-refractivity contribution in [2.75, 3.05) is 13.2 Å². The van der Waals surface area contributed by atoms with Crippen LogP contribution in [0.4, 0.5) is 0 Å². The van der Waals surface area contributed by atoms with Gasteiger partial charge in [0.05, 0.1) is 13.2 Å². The summed E-state index contributed by atoms with van der Waals surface area (Å²) in [7, 11) is 0. The van der Waals surface area contributed by atoms with Crippen molar-refractivity contribution in [3.63, 3.8) is 0 Å². The maximum atomic E-state index is 11.0. The lowest BCUT2D eigenvalue weighted by molar-refractivity contribution is -0.139. The highest BCUT2D eigenvalue weighted by atomic mass is 16.5. The molecule has 0 amide bonds. The van der Waals surface area contributed by atoms with Crippen molar-refractivity contribution in [1.82, 2.24) is 4.90 Å². The van der Waals surface area contributed by atoms with Crippen molar-refractivity contribution in [2.24, 2.45) is 0 Å². The molecule has 0 unspecified atom stereocenters. The smallest absolute Gasteiger partial charge is 0.317 e. The van der Waals surface area contributed by atoms with E-state index in [1.807, 2.05) is 37.8 Å². The molecule has 0 aromatic heterocycles. The van der Waals surface area contributed by atoms with Gasteiger partial charge in [-0.05, 0) is 38.0 Å². The van der Waals surface area contributed by atoms with Gasteiger partial charge in [0.25, 0.3) is 0 Å². The van der Waals surface area contributed by atoms with Crippen molar-refractivity contribution in [2.45, 2.75) is 39.3 Å².